The van der Waals surface area contributed by atoms with Crippen LogP contribution in [0.2, 0.25) is 0 Å². The highest BCUT2D eigenvalue weighted by Gasteiger charge is 2.31. The van der Waals surface area contributed by atoms with Gasteiger partial charge in [-0.05, 0) is 30.9 Å². The summed E-state index contributed by atoms with van der Waals surface area (Å²) in [4.78, 5) is 12.2. The highest BCUT2D eigenvalue weighted by Crippen LogP contribution is 2.38. The molecule has 1 heterocycles. The molecule has 1 aromatic carbocycles. The van der Waals surface area contributed by atoms with Gasteiger partial charge in [0.2, 0.25) is 0 Å². The molecule has 0 radical (unpaired) electrons. The first-order valence-electron chi connectivity index (χ1n) is 8.01. The first kappa shape index (κ1) is 16.4. The minimum Gasteiger partial charge on any atom is -0.508 e. The number of fused-ring (bicyclic) bond motifs is 1. The minimum absolute atomic E-state index is 0.0715. The predicted octanol–water partition coefficient (Wildman–Crippen LogP) is 3.88. The molecule has 2 rings (SSSR count). The zero-order valence-corrected chi connectivity index (χ0v) is 13.3. The van der Waals surface area contributed by atoms with Crippen molar-refractivity contribution < 1.29 is 19.7 Å². The van der Waals surface area contributed by atoms with Crippen LogP contribution in [0.1, 0.15) is 61.0 Å². The van der Waals surface area contributed by atoms with Crippen molar-refractivity contribution in [1.29, 1.82) is 0 Å². The van der Waals surface area contributed by atoms with E-state index >= 15 is 0 Å². The van der Waals surface area contributed by atoms with Crippen LogP contribution < -0.4 is 0 Å². The maximum atomic E-state index is 12.2. The molecule has 1 aliphatic heterocycles. The first-order chi connectivity index (χ1) is 10.6. The molecule has 22 heavy (non-hydrogen) atoms. The van der Waals surface area contributed by atoms with Crippen LogP contribution in [0.3, 0.4) is 0 Å². The fourth-order valence-corrected chi connectivity index (χ4v) is 2.78. The van der Waals surface area contributed by atoms with Gasteiger partial charge in [-0.1, -0.05) is 32.4 Å². The summed E-state index contributed by atoms with van der Waals surface area (Å²) in [7, 11) is 0. The molecule has 0 unspecified atom stereocenters. The standard InChI is InChI=1S/C18H24O4/c1-3-5-7-8-13-10-12-11-15(19)14(9-6-4-2)17(20)16(12)18(21)22-13/h5,7,11,13,19-20H,3-4,6,8-10H2,1-2H3/b7-5+/t13-/m1/s1. The van der Waals surface area contributed by atoms with Crippen molar-refractivity contribution in [2.75, 3.05) is 0 Å². The van der Waals surface area contributed by atoms with Crippen molar-refractivity contribution >= 4 is 5.97 Å². The molecule has 2 N–H and O–H groups in total. The lowest BCUT2D eigenvalue weighted by molar-refractivity contribution is 0.0260. The predicted molar refractivity (Wildman–Crippen MR) is 85.3 cm³/mol. The van der Waals surface area contributed by atoms with E-state index < -0.39 is 5.97 Å². The average molecular weight is 304 g/mol. The number of hydrogen-bond donors (Lipinski definition) is 2. The van der Waals surface area contributed by atoms with Gasteiger partial charge in [-0.25, -0.2) is 4.79 Å². The van der Waals surface area contributed by atoms with E-state index in [9.17, 15) is 15.0 Å². The van der Waals surface area contributed by atoms with Crippen LogP contribution in [-0.4, -0.2) is 22.3 Å². The number of carbonyl (C=O) groups is 1. The number of allylic oxidation sites excluding steroid dienone is 1. The number of phenols is 2. The van der Waals surface area contributed by atoms with Crippen LogP contribution in [0.4, 0.5) is 0 Å². The van der Waals surface area contributed by atoms with E-state index in [0.29, 0.717) is 30.4 Å². The number of aromatic hydroxyl groups is 2. The number of esters is 1. The normalized spacial score (nSPS) is 17.5. The Kier molecular flexibility index (Phi) is 5.47. The Hall–Kier alpha value is -1.97. The van der Waals surface area contributed by atoms with Gasteiger partial charge in [0, 0.05) is 18.4 Å². The number of unbranched alkanes of at least 4 members (excludes halogenated alkanes) is 1. The van der Waals surface area contributed by atoms with Crippen LogP contribution in [0, 0.1) is 0 Å². The van der Waals surface area contributed by atoms with Crippen molar-refractivity contribution in [3.8, 4) is 11.5 Å². The van der Waals surface area contributed by atoms with E-state index in [0.717, 1.165) is 19.3 Å². The van der Waals surface area contributed by atoms with Gasteiger partial charge in [-0.3, -0.25) is 0 Å². The van der Waals surface area contributed by atoms with Gasteiger partial charge in [0.25, 0.3) is 0 Å². The number of hydrogen-bond acceptors (Lipinski definition) is 4. The average Bonchev–Trinajstić information content (AvgIpc) is 2.46. The number of phenolic OH excluding ortho intramolecular Hbond substituents is 2. The molecule has 0 saturated carbocycles. The Balaban J connectivity index is 2.28. The summed E-state index contributed by atoms with van der Waals surface area (Å²) in [5, 5.41) is 20.5. The minimum atomic E-state index is -0.494. The van der Waals surface area contributed by atoms with Crippen LogP contribution in [0.25, 0.3) is 0 Å². The molecule has 0 aliphatic carbocycles. The van der Waals surface area contributed by atoms with Crippen LogP contribution in [0.5, 0.6) is 11.5 Å². The molecule has 0 saturated heterocycles. The third-order valence-electron chi connectivity index (χ3n) is 3.97. The number of rotatable bonds is 6. The molecule has 4 nitrogen and oxygen atoms in total. The Bertz CT molecular complexity index is 575. The summed E-state index contributed by atoms with van der Waals surface area (Å²) in [5.41, 5.74) is 1.34. The van der Waals surface area contributed by atoms with E-state index in [4.69, 9.17) is 4.74 Å². The molecule has 0 aromatic heterocycles. The second-order valence-corrected chi connectivity index (χ2v) is 5.71. The molecule has 0 amide bonds. The molecule has 0 bridgehead atoms. The van der Waals surface area contributed by atoms with Gasteiger partial charge in [-0.2, -0.15) is 0 Å². The van der Waals surface area contributed by atoms with Crippen molar-refractivity contribution in [1.82, 2.24) is 0 Å². The molecule has 1 atom stereocenters. The zero-order chi connectivity index (χ0) is 16.1. The van der Waals surface area contributed by atoms with Gasteiger partial charge in [0.05, 0.1) is 0 Å². The largest absolute Gasteiger partial charge is 0.508 e. The maximum absolute atomic E-state index is 12.2. The zero-order valence-electron chi connectivity index (χ0n) is 13.3. The summed E-state index contributed by atoms with van der Waals surface area (Å²) in [6, 6.07) is 1.61. The Morgan fingerprint density at radius 1 is 1.32 bits per heavy atom. The molecular weight excluding hydrogens is 280 g/mol. The smallest absolute Gasteiger partial charge is 0.342 e. The van der Waals surface area contributed by atoms with Gasteiger partial charge in [0.15, 0.2) is 0 Å². The molecule has 0 spiro atoms. The third kappa shape index (κ3) is 3.43. The SMILES string of the molecule is CC/C=C/C[C@@H]1Cc2cc(O)c(CCCC)c(O)c2C(=O)O1. The quantitative estimate of drug-likeness (QED) is 0.618. The third-order valence-corrected chi connectivity index (χ3v) is 3.97. The molecule has 1 aromatic rings. The fourth-order valence-electron chi connectivity index (χ4n) is 2.78. The summed E-state index contributed by atoms with van der Waals surface area (Å²) >= 11 is 0. The van der Waals surface area contributed by atoms with Gasteiger partial charge >= 0.3 is 5.97 Å². The van der Waals surface area contributed by atoms with E-state index in [2.05, 4.69) is 0 Å². The summed E-state index contributed by atoms with van der Waals surface area (Å²) in [5.74, 6) is -0.537. The van der Waals surface area contributed by atoms with Crippen molar-refractivity contribution in [3.05, 3.63) is 34.9 Å². The van der Waals surface area contributed by atoms with Gasteiger partial charge in [-0.15, -0.1) is 0 Å². The topological polar surface area (TPSA) is 66.8 Å². The lowest BCUT2D eigenvalue weighted by Crippen LogP contribution is -2.27. The van der Waals surface area contributed by atoms with E-state index in [1.165, 1.54) is 0 Å². The molecular formula is C18H24O4. The van der Waals surface area contributed by atoms with E-state index in [-0.39, 0.29) is 23.2 Å². The molecule has 0 fully saturated rings. The highest BCUT2D eigenvalue weighted by molar-refractivity contribution is 5.96. The Morgan fingerprint density at radius 3 is 2.77 bits per heavy atom. The van der Waals surface area contributed by atoms with Crippen molar-refractivity contribution in [2.45, 2.75) is 58.5 Å². The highest BCUT2D eigenvalue weighted by atomic mass is 16.5. The van der Waals surface area contributed by atoms with Gasteiger partial charge in [0.1, 0.15) is 23.2 Å². The van der Waals surface area contributed by atoms with Crippen LogP contribution in [-0.2, 0) is 17.6 Å². The van der Waals surface area contributed by atoms with Crippen molar-refractivity contribution in [2.24, 2.45) is 0 Å². The second kappa shape index (κ2) is 7.34. The lowest BCUT2D eigenvalue weighted by Gasteiger charge is -2.25. The summed E-state index contributed by atoms with van der Waals surface area (Å²) in [6.45, 7) is 4.09. The van der Waals surface area contributed by atoms with E-state index in [1.807, 2.05) is 26.0 Å². The number of ether oxygens (including phenoxy) is 1. The van der Waals surface area contributed by atoms with Gasteiger partial charge < -0.3 is 14.9 Å². The maximum Gasteiger partial charge on any atom is 0.342 e. The van der Waals surface area contributed by atoms with E-state index in [1.54, 1.807) is 6.07 Å². The Labute approximate surface area is 131 Å². The van der Waals surface area contributed by atoms with Crippen molar-refractivity contribution in [3.63, 3.8) is 0 Å². The first-order valence-corrected chi connectivity index (χ1v) is 8.01. The lowest BCUT2D eigenvalue weighted by atomic mass is 9.92. The molecule has 120 valence electrons. The molecule has 4 heteroatoms. The number of carbonyl (C=O) groups excluding carboxylic acids is 1. The summed E-state index contributed by atoms with van der Waals surface area (Å²) < 4.78 is 5.41. The van der Waals surface area contributed by atoms with Crippen LogP contribution >= 0.6 is 0 Å². The second-order valence-electron chi connectivity index (χ2n) is 5.71. The summed E-state index contributed by atoms with van der Waals surface area (Å²) in [6.07, 6.45) is 8.26. The fraction of sp³-hybridized carbons (Fsp3) is 0.500. The van der Waals surface area contributed by atoms with Crippen LogP contribution in [0.15, 0.2) is 18.2 Å². The number of cyclic esters (lactones) is 1. The molecule has 1 aliphatic rings. The monoisotopic (exact) mass is 304 g/mol. The Morgan fingerprint density at radius 2 is 2.09 bits per heavy atom. The number of benzene rings is 1.